The molecule has 0 bridgehead atoms. The van der Waals surface area contributed by atoms with Gasteiger partial charge in [0.05, 0.1) is 6.04 Å². The maximum Gasteiger partial charge on any atom is 0.171 e. The highest BCUT2D eigenvalue weighted by Gasteiger charge is 2.35. The molecule has 0 radical (unpaired) electrons. The quantitative estimate of drug-likeness (QED) is 0.744. The second kappa shape index (κ2) is 4.21. The maximum absolute atomic E-state index is 5.82. The largest absolute Gasteiger partial charge is 0.488 e. The molecule has 2 aliphatic heterocycles. The van der Waals surface area contributed by atoms with E-state index >= 15 is 0 Å². The number of nitrogens with zero attached hydrogens (tertiary/aromatic N) is 2. The topological polar surface area (TPSA) is 25.4 Å². The summed E-state index contributed by atoms with van der Waals surface area (Å²) >= 11 is 0. The zero-order valence-corrected chi connectivity index (χ0v) is 10.6. The van der Waals surface area contributed by atoms with Gasteiger partial charge in [-0.05, 0) is 36.8 Å². The second-order valence-corrected chi connectivity index (χ2v) is 5.51. The van der Waals surface area contributed by atoms with Crippen LogP contribution in [0.25, 0.3) is 0 Å². The van der Waals surface area contributed by atoms with Crippen molar-refractivity contribution in [3.63, 3.8) is 0 Å². The van der Waals surface area contributed by atoms with Crippen LogP contribution in [0, 0.1) is 11.8 Å². The Labute approximate surface area is 103 Å². The van der Waals surface area contributed by atoms with Gasteiger partial charge in [-0.3, -0.25) is 0 Å². The molecular formula is C14H20N2O. The highest BCUT2D eigenvalue weighted by molar-refractivity contribution is 5.55. The summed E-state index contributed by atoms with van der Waals surface area (Å²) < 4.78 is 5.82. The molecule has 2 aliphatic rings. The molecule has 1 aromatic rings. The van der Waals surface area contributed by atoms with Crippen LogP contribution in [-0.4, -0.2) is 24.2 Å². The van der Waals surface area contributed by atoms with E-state index in [2.05, 4.69) is 23.7 Å². The predicted molar refractivity (Wildman–Crippen MR) is 68.4 cm³/mol. The summed E-state index contributed by atoms with van der Waals surface area (Å²) in [6, 6.07) is 4.49. The molecule has 0 aromatic carbocycles. The molecule has 0 N–H and O–H groups in total. The molecule has 2 unspecified atom stereocenters. The summed E-state index contributed by atoms with van der Waals surface area (Å²) in [7, 11) is 0. The number of ether oxygens (including phenoxy) is 1. The van der Waals surface area contributed by atoms with Crippen LogP contribution in [0.2, 0.25) is 0 Å². The normalized spacial score (nSPS) is 27.4. The lowest BCUT2D eigenvalue weighted by atomic mass is 9.83. The Kier molecular flexibility index (Phi) is 2.69. The third kappa shape index (κ3) is 1.88. The van der Waals surface area contributed by atoms with Gasteiger partial charge in [-0.2, -0.15) is 0 Å². The predicted octanol–water partition coefficient (Wildman–Crippen LogP) is 2.72. The van der Waals surface area contributed by atoms with E-state index in [4.69, 9.17) is 4.74 Å². The van der Waals surface area contributed by atoms with Crippen molar-refractivity contribution < 1.29 is 4.74 Å². The fourth-order valence-electron chi connectivity index (χ4n) is 3.02. The Balaban J connectivity index is 1.83. The Hall–Kier alpha value is -1.25. The average molecular weight is 232 g/mol. The first-order valence-electron chi connectivity index (χ1n) is 6.60. The summed E-state index contributed by atoms with van der Waals surface area (Å²) in [4.78, 5) is 6.92. The van der Waals surface area contributed by atoms with Gasteiger partial charge in [0.1, 0.15) is 6.61 Å². The zero-order chi connectivity index (χ0) is 11.8. The van der Waals surface area contributed by atoms with Crippen LogP contribution in [0.4, 0.5) is 5.82 Å². The van der Waals surface area contributed by atoms with Gasteiger partial charge in [0, 0.05) is 12.7 Å². The van der Waals surface area contributed by atoms with Crippen LogP contribution in [-0.2, 0) is 0 Å². The van der Waals surface area contributed by atoms with Gasteiger partial charge >= 0.3 is 0 Å². The minimum absolute atomic E-state index is 0.526. The number of hydrogen-bond acceptors (Lipinski definition) is 3. The van der Waals surface area contributed by atoms with Crippen molar-refractivity contribution in [1.82, 2.24) is 4.98 Å². The van der Waals surface area contributed by atoms with E-state index in [1.807, 2.05) is 18.3 Å². The summed E-state index contributed by atoms with van der Waals surface area (Å²) in [5, 5.41) is 0. The van der Waals surface area contributed by atoms with Crippen LogP contribution in [0.1, 0.15) is 26.7 Å². The van der Waals surface area contributed by atoms with Gasteiger partial charge in [-0.25, -0.2) is 4.98 Å². The number of aromatic nitrogens is 1. The third-order valence-electron chi connectivity index (χ3n) is 4.15. The van der Waals surface area contributed by atoms with Crippen molar-refractivity contribution in [1.29, 1.82) is 0 Å². The molecule has 0 spiro atoms. The van der Waals surface area contributed by atoms with Gasteiger partial charge in [0.2, 0.25) is 0 Å². The summed E-state index contributed by atoms with van der Waals surface area (Å²) in [5.41, 5.74) is 0. The molecule has 3 rings (SSSR count). The van der Waals surface area contributed by atoms with Crippen molar-refractivity contribution in [3.05, 3.63) is 18.3 Å². The number of anilines is 1. The Morgan fingerprint density at radius 1 is 1.47 bits per heavy atom. The van der Waals surface area contributed by atoms with Gasteiger partial charge in [-0.15, -0.1) is 0 Å². The first kappa shape index (κ1) is 10.9. The summed E-state index contributed by atoms with van der Waals surface area (Å²) in [6.07, 6.45) is 4.39. The molecule has 1 aromatic heterocycles. The molecule has 1 saturated heterocycles. The molecule has 1 fully saturated rings. The van der Waals surface area contributed by atoms with Crippen LogP contribution in [0.3, 0.4) is 0 Å². The molecule has 92 valence electrons. The molecule has 3 heterocycles. The Morgan fingerprint density at radius 3 is 3.18 bits per heavy atom. The minimum Gasteiger partial charge on any atom is -0.488 e. The van der Waals surface area contributed by atoms with Gasteiger partial charge in [-0.1, -0.05) is 13.8 Å². The number of rotatable bonds is 1. The first-order valence-corrected chi connectivity index (χ1v) is 6.60. The van der Waals surface area contributed by atoms with E-state index in [9.17, 15) is 0 Å². The van der Waals surface area contributed by atoms with Crippen molar-refractivity contribution >= 4 is 5.82 Å². The molecular weight excluding hydrogens is 212 g/mol. The highest BCUT2D eigenvalue weighted by Crippen LogP contribution is 2.38. The molecule has 3 heteroatoms. The Morgan fingerprint density at radius 2 is 2.35 bits per heavy atom. The van der Waals surface area contributed by atoms with Crippen LogP contribution in [0.5, 0.6) is 5.75 Å². The average Bonchev–Trinajstić information content (AvgIpc) is 2.38. The number of hydrogen-bond donors (Lipinski definition) is 0. The molecule has 0 amide bonds. The van der Waals surface area contributed by atoms with E-state index in [1.54, 1.807) is 0 Å². The van der Waals surface area contributed by atoms with E-state index in [-0.39, 0.29) is 0 Å². The third-order valence-corrected chi connectivity index (χ3v) is 4.15. The number of pyridine rings is 1. The second-order valence-electron chi connectivity index (χ2n) is 5.51. The lowest BCUT2D eigenvalue weighted by Gasteiger charge is -2.44. The van der Waals surface area contributed by atoms with Gasteiger partial charge in [0.15, 0.2) is 11.6 Å². The summed E-state index contributed by atoms with van der Waals surface area (Å²) in [6.45, 7) is 6.61. The SMILES string of the molecule is CC(C)C1CCN2c3ncccc3OCC2C1. The number of fused-ring (bicyclic) bond motifs is 3. The van der Waals surface area contributed by atoms with E-state index in [0.29, 0.717) is 6.04 Å². The van der Waals surface area contributed by atoms with E-state index < -0.39 is 0 Å². The first-order chi connectivity index (χ1) is 8.25. The van der Waals surface area contributed by atoms with Gasteiger partial charge < -0.3 is 9.64 Å². The smallest absolute Gasteiger partial charge is 0.171 e. The summed E-state index contributed by atoms with van der Waals surface area (Å²) in [5.74, 6) is 3.62. The minimum atomic E-state index is 0.526. The Bertz CT molecular complexity index is 405. The lowest BCUT2D eigenvalue weighted by molar-refractivity contribution is 0.189. The van der Waals surface area contributed by atoms with E-state index in [1.165, 1.54) is 12.8 Å². The fraction of sp³-hybridized carbons (Fsp3) is 0.643. The highest BCUT2D eigenvalue weighted by atomic mass is 16.5. The van der Waals surface area contributed by atoms with Crippen molar-refractivity contribution in [2.24, 2.45) is 11.8 Å². The zero-order valence-electron chi connectivity index (χ0n) is 10.6. The van der Waals surface area contributed by atoms with Crippen molar-refractivity contribution in [2.45, 2.75) is 32.7 Å². The van der Waals surface area contributed by atoms with Crippen LogP contribution < -0.4 is 9.64 Å². The maximum atomic E-state index is 5.82. The molecule has 3 nitrogen and oxygen atoms in total. The van der Waals surface area contributed by atoms with Crippen LogP contribution in [0.15, 0.2) is 18.3 Å². The van der Waals surface area contributed by atoms with Gasteiger partial charge in [0.25, 0.3) is 0 Å². The van der Waals surface area contributed by atoms with Crippen molar-refractivity contribution in [2.75, 3.05) is 18.1 Å². The standard InChI is InChI=1S/C14H20N2O/c1-10(2)11-5-7-16-12(8-11)9-17-13-4-3-6-15-14(13)16/h3-4,6,10-12H,5,7-9H2,1-2H3. The van der Waals surface area contributed by atoms with E-state index in [0.717, 1.165) is 36.6 Å². The monoisotopic (exact) mass is 232 g/mol. The fourth-order valence-corrected chi connectivity index (χ4v) is 3.02. The number of piperidine rings is 1. The molecule has 0 saturated carbocycles. The van der Waals surface area contributed by atoms with Crippen LogP contribution >= 0.6 is 0 Å². The molecule has 0 aliphatic carbocycles. The lowest BCUT2D eigenvalue weighted by Crippen LogP contribution is -2.49. The molecule has 2 atom stereocenters. The van der Waals surface area contributed by atoms with Crippen molar-refractivity contribution in [3.8, 4) is 5.75 Å². The molecule has 17 heavy (non-hydrogen) atoms.